The van der Waals surface area contributed by atoms with Crippen LogP contribution in [0.2, 0.25) is 0 Å². The van der Waals surface area contributed by atoms with E-state index in [1.807, 2.05) is 0 Å². The molecule has 0 bridgehead atoms. The number of rotatable bonds is 7. The van der Waals surface area contributed by atoms with Crippen molar-refractivity contribution in [3.8, 4) is 0 Å². The average Bonchev–Trinajstić information content (AvgIpc) is 3.44. The van der Waals surface area contributed by atoms with E-state index in [0.717, 1.165) is 19.3 Å². The first-order chi connectivity index (χ1) is 12.5. The lowest BCUT2D eigenvalue weighted by molar-refractivity contribution is -0.384. The van der Waals surface area contributed by atoms with Gasteiger partial charge in [-0.2, -0.15) is 0 Å². The molecule has 9 heteroatoms. The molecule has 1 aliphatic carbocycles. The minimum Gasteiger partial charge on any atom is -0.480 e. The average molecular weight is 363 g/mol. The molecule has 1 heterocycles. The van der Waals surface area contributed by atoms with Crippen molar-refractivity contribution < 1.29 is 24.4 Å². The molecular weight excluding hydrogens is 342 g/mol. The van der Waals surface area contributed by atoms with Gasteiger partial charge < -0.3 is 20.5 Å². The summed E-state index contributed by atoms with van der Waals surface area (Å²) >= 11 is 0. The lowest BCUT2D eigenvalue weighted by Crippen LogP contribution is -2.48. The second-order valence-electron chi connectivity index (χ2n) is 6.67. The summed E-state index contributed by atoms with van der Waals surface area (Å²) in [5.41, 5.74) is 0.225. The highest BCUT2D eigenvalue weighted by atomic mass is 16.6. The second kappa shape index (κ2) is 7.69. The van der Waals surface area contributed by atoms with E-state index in [2.05, 4.69) is 10.6 Å². The number of benzene rings is 1. The van der Waals surface area contributed by atoms with E-state index in [1.54, 1.807) is 0 Å². The van der Waals surface area contributed by atoms with Crippen molar-refractivity contribution >= 4 is 23.3 Å². The fourth-order valence-electron chi connectivity index (χ4n) is 3.03. The summed E-state index contributed by atoms with van der Waals surface area (Å²) in [6.07, 6.45) is 3.30. The summed E-state index contributed by atoms with van der Waals surface area (Å²) < 4.78 is 5.30. The molecule has 0 aromatic heterocycles. The number of hydrogen-bond donors (Lipinski definition) is 3. The summed E-state index contributed by atoms with van der Waals surface area (Å²) in [6, 6.07) is 3.27. The minimum absolute atomic E-state index is 0.0565. The molecule has 1 aromatic carbocycles. The molecule has 2 fully saturated rings. The standard InChI is InChI=1S/C17H21N3O6/c21-16(19-15(17(22)23)11-2-1-7-26-9-11)10-3-6-13(18-12-4-5-12)14(8-10)20(24)25/h3,6,8,11-12,15,18H,1-2,4-5,7,9H2,(H,19,21)(H,22,23). The zero-order chi connectivity index (χ0) is 18.7. The number of anilines is 1. The number of amides is 1. The van der Waals surface area contributed by atoms with Gasteiger partial charge in [-0.25, -0.2) is 4.79 Å². The molecule has 2 unspecified atom stereocenters. The number of nitrogens with zero attached hydrogens (tertiary/aromatic N) is 1. The molecule has 0 spiro atoms. The molecule has 2 atom stereocenters. The van der Waals surface area contributed by atoms with Crippen LogP contribution in [0.3, 0.4) is 0 Å². The monoisotopic (exact) mass is 363 g/mol. The van der Waals surface area contributed by atoms with Gasteiger partial charge in [-0.1, -0.05) is 0 Å². The highest BCUT2D eigenvalue weighted by molar-refractivity contribution is 5.98. The predicted molar refractivity (Wildman–Crippen MR) is 92.2 cm³/mol. The van der Waals surface area contributed by atoms with Gasteiger partial charge >= 0.3 is 5.97 Å². The molecule has 140 valence electrons. The molecule has 2 aliphatic rings. The quantitative estimate of drug-likeness (QED) is 0.497. The van der Waals surface area contributed by atoms with Gasteiger partial charge in [-0.05, 0) is 37.8 Å². The van der Waals surface area contributed by atoms with Crippen molar-refractivity contribution in [3.05, 3.63) is 33.9 Å². The Bertz CT molecular complexity index is 712. The van der Waals surface area contributed by atoms with Crippen LogP contribution in [0.4, 0.5) is 11.4 Å². The summed E-state index contributed by atoms with van der Waals surface area (Å²) in [4.78, 5) is 34.7. The Balaban J connectivity index is 1.76. The lowest BCUT2D eigenvalue weighted by atomic mass is 9.93. The van der Waals surface area contributed by atoms with Crippen LogP contribution in [0.15, 0.2) is 18.2 Å². The molecule has 1 aliphatic heterocycles. The van der Waals surface area contributed by atoms with Crippen LogP contribution < -0.4 is 10.6 Å². The van der Waals surface area contributed by atoms with Crippen molar-refractivity contribution in [1.82, 2.24) is 5.32 Å². The van der Waals surface area contributed by atoms with Gasteiger partial charge in [0, 0.05) is 30.2 Å². The van der Waals surface area contributed by atoms with Gasteiger partial charge in [0.05, 0.1) is 11.5 Å². The van der Waals surface area contributed by atoms with Crippen LogP contribution >= 0.6 is 0 Å². The number of nitro groups is 1. The van der Waals surface area contributed by atoms with Gasteiger partial charge in [-0.3, -0.25) is 14.9 Å². The highest BCUT2D eigenvalue weighted by Gasteiger charge is 2.32. The number of carboxylic acid groups (broad SMARTS) is 1. The number of nitro benzene ring substituents is 1. The Morgan fingerprint density at radius 2 is 2.08 bits per heavy atom. The Morgan fingerprint density at radius 3 is 2.65 bits per heavy atom. The maximum absolute atomic E-state index is 12.5. The number of nitrogens with one attached hydrogen (secondary N) is 2. The molecule has 3 rings (SSSR count). The molecule has 9 nitrogen and oxygen atoms in total. The fraction of sp³-hybridized carbons (Fsp3) is 0.529. The molecule has 1 saturated carbocycles. The number of carbonyl (C=O) groups is 2. The van der Waals surface area contributed by atoms with Crippen molar-refractivity contribution in [3.63, 3.8) is 0 Å². The number of carboxylic acids is 1. The van der Waals surface area contributed by atoms with Crippen LogP contribution in [0.25, 0.3) is 0 Å². The fourth-order valence-corrected chi connectivity index (χ4v) is 3.03. The van der Waals surface area contributed by atoms with Crippen molar-refractivity contribution in [1.29, 1.82) is 0 Å². The molecule has 3 N–H and O–H groups in total. The number of hydrogen-bond acceptors (Lipinski definition) is 6. The van der Waals surface area contributed by atoms with E-state index in [1.165, 1.54) is 18.2 Å². The van der Waals surface area contributed by atoms with Gasteiger partial charge in [0.1, 0.15) is 11.7 Å². The van der Waals surface area contributed by atoms with Crippen LogP contribution in [0.1, 0.15) is 36.0 Å². The van der Waals surface area contributed by atoms with Gasteiger partial charge in [0.25, 0.3) is 11.6 Å². The zero-order valence-corrected chi connectivity index (χ0v) is 14.1. The van der Waals surface area contributed by atoms with Crippen molar-refractivity contribution in [2.24, 2.45) is 5.92 Å². The maximum Gasteiger partial charge on any atom is 0.326 e. The Hall–Kier alpha value is -2.68. The van der Waals surface area contributed by atoms with E-state index in [0.29, 0.717) is 18.7 Å². The first kappa shape index (κ1) is 18.1. The third kappa shape index (κ3) is 4.29. The molecule has 1 amide bonds. The van der Waals surface area contributed by atoms with Crippen LogP contribution in [-0.2, 0) is 9.53 Å². The van der Waals surface area contributed by atoms with Gasteiger partial charge in [-0.15, -0.1) is 0 Å². The second-order valence-corrected chi connectivity index (χ2v) is 6.67. The minimum atomic E-state index is -1.14. The Morgan fingerprint density at radius 1 is 1.31 bits per heavy atom. The van der Waals surface area contributed by atoms with Crippen LogP contribution in [0, 0.1) is 16.0 Å². The van der Waals surface area contributed by atoms with Gasteiger partial charge in [0.15, 0.2) is 0 Å². The number of carbonyl (C=O) groups excluding carboxylic acids is 1. The number of aliphatic carboxylic acids is 1. The predicted octanol–water partition coefficient (Wildman–Crippen LogP) is 1.78. The number of ether oxygens (including phenoxy) is 1. The van der Waals surface area contributed by atoms with E-state index in [-0.39, 0.29) is 29.8 Å². The third-order valence-corrected chi connectivity index (χ3v) is 4.61. The van der Waals surface area contributed by atoms with Crippen LogP contribution in [-0.4, -0.2) is 47.2 Å². The SMILES string of the molecule is O=C(NC(C(=O)O)C1CCCOC1)c1ccc(NC2CC2)c([N+](=O)[O-])c1. The van der Waals surface area contributed by atoms with E-state index < -0.39 is 22.8 Å². The maximum atomic E-state index is 12.5. The van der Waals surface area contributed by atoms with Crippen molar-refractivity contribution in [2.75, 3.05) is 18.5 Å². The topological polar surface area (TPSA) is 131 Å². The Kier molecular flexibility index (Phi) is 5.36. The normalized spacial score (nSPS) is 20.8. The highest BCUT2D eigenvalue weighted by Crippen LogP contribution is 2.31. The first-order valence-corrected chi connectivity index (χ1v) is 8.62. The lowest BCUT2D eigenvalue weighted by Gasteiger charge is -2.28. The summed E-state index contributed by atoms with van der Waals surface area (Å²) in [7, 11) is 0. The van der Waals surface area contributed by atoms with Crippen LogP contribution in [0.5, 0.6) is 0 Å². The van der Waals surface area contributed by atoms with Gasteiger partial charge in [0.2, 0.25) is 0 Å². The van der Waals surface area contributed by atoms with E-state index in [9.17, 15) is 24.8 Å². The summed E-state index contributed by atoms with van der Waals surface area (Å²) in [5.74, 6) is -2.12. The zero-order valence-electron chi connectivity index (χ0n) is 14.1. The molecule has 1 aromatic rings. The summed E-state index contributed by atoms with van der Waals surface area (Å²) in [5, 5.41) is 26.3. The summed E-state index contributed by atoms with van der Waals surface area (Å²) in [6.45, 7) is 0.847. The first-order valence-electron chi connectivity index (χ1n) is 8.62. The van der Waals surface area contributed by atoms with E-state index >= 15 is 0 Å². The molecule has 26 heavy (non-hydrogen) atoms. The van der Waals surface area contributed by atoms with Crippen molar-refractivity contribution in [2.45, 2.75) is 37.8 Å². The smallest absolute Gasteiger partial charge is 0.326 e. The molecule has 1 saturated heterocycles. The third-order valence-electron chi connectivity index (χ3n) is 4.61. The molecule has 0 radical (unpaired) electrons. The molecular formula is C17H21N3O6. The Labute approximate surface area is 149 Å². The largest absolute Gasteiger partial charge is 0.480 e. The van der Waals surface area contributed by atoms with E-state index in [4.69, 9.17) is 4.74 Å².